The number of carbonyl (C=O) groups is 1. The summed E-state index contributed by atoms with van der Waals surface area (Å²) in [6, 6.07) is 15.5. The number of unbranched alkanes of at least 4 members (excludes halogenated alkanes) is 3. The summed E-state index contributed by atoms with van der Waals surface area (Å²) in [5.74, 6) is 13.9. The number of rotatable bonds is 7. The van der Waals surface area contributed by atoms with Gasteiger partial charge in [-0.1, -0.05) is 69.6 Å². The van der Waals surface area contributed by atoms with Crippen LogP contribution in [0.25, 0.3) is 0 Å². The van der Waals surface area contributed by atoms with E-state index >= 15 is 0 Å². The molecule has 2 heteroatoms. The van der Waals surface area contributed by atoms with Gasteiger partial charge in [-0.2, -0.15) is 0 Å². The number of carbonyl (C=O) groups excluding carboxylic acids is 1. The van der Waals surface area contributed by atoms with E-state index in [0.717, 1.165) is 54.7 Å². The molecule has 0 aromatic heterocycles. The average Bonchev–Trinajstić information content (AvgIpc) is 2.86. The van der Waals surface area contributed by atoms with Crippen molar-refractivity contribution in [2.24, 2.45) is 11.8 Å². The molecule has 0 atom stereocenters. The van der Waals surface area contributed by atoms with Crippen molar-refractivity contribution in [3.05, 3.63) is 65.2 Å². The highest BCUT2D eigenvalue weighted by molar-refractivity contribution is 5.75. The molecule has 0 unspecified atom stereocenters. The maximum atomic E-state index is 12.6. The predicted octanol–water partition coefficient (Wildman–Crippen LogP) is 7.53. The van der Waals surface area contributed by atoms with E-state index in [1.807, 2.05) is 55.5 Å². The van der Waals surface area contributed by atoms with Gasteiger partial charge in [-0.25, -0.2) is 0 Å². The number of hydrogen-bond donors (Lipinski definition) is 0. The van der Waals surface area contributed by atoms with Gasteiger partial charge in [0, 0.05) is 23.1 Å². The molecule has 172 valence electrons. The van der Waals surface area contributed by atoms with E-state index in [9.17, 15) is 4.79 Å². The molecule has 1 aliphatic rings. The van der Waals surface area contributed by atoms with Gasteiger partial charge in [0.2, 0.25) is 0 Å². The van der Waals surface area contributed by atoms with Crippen molar-refractivity contribution < 1.29 is 9.53 Å². The molecule has 1 fully saturated rings. The Balaban J connectivity index is 1.45. The molecule has 0 saturated heterocycles. The zero-order valence-corrected chi connectivity index (χ0v) is 20.2. The quantitative estimate of drug-likeness (QED) is 0.192. The van der Waals surface area contributed by atoms with Crippen molar-refractivity contribution in [2.45, 2.75) is 78.1 Å². The van der Waals surface area contributed by atoms with E-state index in [1.54, 1.807) is 0 Å². The fraction of sp³-hybridized carbons (Fsp3) is 0.452. The van der Waals surface area contributed by atoms with Crippen molar-refractivity contribution in [2.75, 3.05) is 0 Å². The van der Waals surface area contributed by atoms with Gasteiger partial charge in [0.1, 0.15) is 5.75 Å². The molecule has 3 rings (SSSR count). The monoisotopic (exact) mass is 440 g/mol. The zero-order valence-electron chi connectivity index (χ0n) is 20.2. The van der Waals surface area contributed by atoms with Crippen LogP contribution in [-0.4, -0.2) is 5.97 Å². The van der Waals surface area contributed by atoms with Crippen molar-refractivity contribution in [3.63, 3.8) is 0 Å². The second kappa shape index (κ2) is 13.5. The Kier molecular flexibility index (Phi) is 10.1. The Morgan fingerprint density at radius 1 is 0.788 bits per heavy atom. The second-order valence-corrected chi connectivity index (χ2v) is 9.00. The van der Waals surface area contributed by atoms with Crippen LogP contribution in [0.3, 0.4) is 0 Å². The lowest BCUT2D eigenvalue weighted by molar-refractivity contribution is -0.140. The molecular formula is C31H36O2. The zero-order chi connectivity index (χ0) is 23.3. The highest BCUT2D eigenvalue weighted by Crippen LogP contribution is 2.33. The molecule has 0 amide bonds. The number of hydrogen-bond acceptors (Lipinski definition) is 2. The van der Waals surface area contributed by atoms with Crippen LogP contribution in [-0.2, 0) is 4.79 Å². The molecule has 2 nitrogen and oxygen atoms in total. The lowest BCUT2D eigenvalue weighted by Gasteiger charge is -2.27. The van der Waals surface area contributed by atoms with Crippen LogP contribution in [0.2, 0.25) is 0 Å². The van der Waals surface area contributed by atoms with Gasteiger partial charge >= 0.3 is 5.97 Å². The van der Waals surface area contributed by atoms with E-state index in [0.29, 0.717) is 5.75 Å². The third-order valence-electron chi connectivity index (χ3n) is 6.36. The molecule has 0 spiro atoms. The first-order valence-electron chi connectivity index (χ1n) is 12.6. The Morgan fingerprint density at radius 2 is 1.36 bits per heavy atom. The van der Waals surface area contributed by atoms with Crippen molar-refractivity contribution in [3.8, 4) is 29.4 Å². The molecule has 0 aliphatic heterocycles. The Labute approximate surface area is 200 Å². The topological polar surface area (TPSA) is 26.3 Å². The first kappa shape index (κ1) is 24.7. The molecule has 1 aliphatic carbocycles. The van der Waals surface area contributed by atoms with Gasteiger partial charge in [-0.15, -0.1) is 0 Å². The van der Waals surface area contributed by atoms with Crippen LogP contribution in [0.1, 0.15) is 94.7 Å². The highest BCUT2D eigenvalue weighted by atomic mass is 16.5. The summed E-state index contributed by atoms with van der Waals surface area (Å²) in [5, 5.41) is 0. The Morgan fingerprint density at radius 3 is 1.94 bits per heavy atom. The van der Waals surface area contributed by atoms with Gasteiger partial charge in [0.15, 0.2) is 0 Å². The van der Waals surface area contributed by atoms with E-state index in [-0.39, 0.29) is 11.9 Å². The van der Waals surface area contributed by atoms with E-state index in [1.165, 1.54) is 32.1 Å². The van der Waals surface area contributed by atoms with Crippen molar-refractivity contribution in [1.82, 2.24) is 0 Å². The minimum Gasteiger partial charge on any atom is -0.426 e. The van der Waals surface area contributed by atoms with Gasteiger partial charge in [-0.3, -0.25) is 4.79 Å². The van der Waals surface area contributed by atoms with Crippen molar-refractivity contribution >= 4 is 5.97 Å². The lowest BCUT2D eigenvalue weighted by atomic mass is 9.80. The molecule has 0 bridgehead atoms. The third-order valence-corrected chi connectivity index (χ3v) is 6.36. The second-order valence-electron chi connectivity index (χ2n) is 9.00. The Hall–Kier alpha value is -2.97. The first-order valence-corrected chi connectivity index (χ1v) is 12.6. The predicted molar refractivity (Wildman–Crippen MR) is 136 cm³/mol. The molecule has 33 heavy (non-hydrogen) atoms. The SMILES string of the molecule is CCC#Cc1ccc(C#Cc2ccc(OC(=O)C3CCC(CCCCCC)CC3)cc2)cc1. The molecule has 2 aromatic rings. The number of ether oxygens (including phenoxy) is 1. The maximum absolute atomic E-state index is 12.6. The molecule has 1 saturated carbocycles. The first-order chi connectivity index (χ1) is 16.2. The van der Waals surface area contributed by atoms with E-state index < -0.39 is 0 Å². The summed E-state index contributed by atoms with van der Waals surface area (Å²) in [5.41, 5.74) is 2.86. The van der Waals surface area contributed by atoms with Crippen molar-refractivity contribution in [1.29, 1.82) is 0 Å². The normalized spacial score (nSPS) is 17.3. The lowest BCUT2D eigenvalue weighted by Crippen LogP contribution is -2.25. The van der Waals surface area contributed by atoms with Crippen LogP contribution in [0, 0.1) is 35.5 Å². The van der Waals surface area contributed by atoms with Gasteiger partial charge in [0.25, 0.3) is 0 Å². The van der Waals surface area contributed by atoms with Crippen LogP contribution in [0.4, 0.5) is 0 Å². The molecular weight excluding hydrogens is 404 g/mol. The van der Waals surface area contributed by atoms with Gasteiger partial charge < -0.3 is 4.74 Å². The summed E-state index contributed by atoms with van der Waals surface area (Å²) in [6.07, 6.45) is 11.7. The van der Waals surface area contributed by atoms with Crippen LogP contribution in [0.15, 0.2) is 48.5 Å². The third kappa shape index (κ3) is 8.47. The summed E-state index contributed by atoms with van der Waals surface area (Å²) >= 11 is 0. The smallest absolute Gasteiger partial charge is 0.314 e. The molecule has 0 heterocycles. The van der Waals surface area contributed by atoms with Gasteiger partial charge in [0.05, 0.1) is 5.92 Å². The minimum atomic E-state index is -0.0791. The van der Waals surface area contributed by atoms with Crippen LogP contribution in [0.5, 0.6) is 5.75 Å². The average molecular weight is 441 g/mol. The molecule has 2 aromatic carbocycles. The summed E-state index contributed by atoms with van der Waals surface area (Å²) in [6.45, 7) is 4.29. The summed E-state index contributed by atoms with van der Waals surface area (Å²) in [7, 11) is 0. The highest BCUT2D eigenvalue weighted by Gasteiger charge is 2.27. The fourth-order valence-electron chi connectivity index (χ4n) is 4.32. The Bertz CT molecular complexity index is 985. The van der Waals surface area contributed by atoms with E-state index in [4.69, 9.17) is 4.74 Å². The maximum Gasteiger partial charge on any atom is 0.314 e. The molecule has 0 N–H and O–H groups in total. The van der Waals surface area contributed by atoms with Gasteiger partial charge in [-0.05, 0) is 80.1 Å². The summed E-state index contributed by atoms with van der Waals surface area (Å²) in [4.78, 5) is 12.6. The molecule has 0 radical (unpaired) electrons. The van der Waals surface area contributed by atoms with E-state index in [2.05, 4.69) is 30.6 Å². The minimum absolute atomic E-state index is 0.0429. The fourth-order valence-corrected chi connectivity index (χ4v) is 4.32. The van der Waals surface area contributed by atoms with Crippen LogP contribution < -0.4 is 4.74 Å². The largest absolute Gasteiger partial charge is 0.426 e. The number of esters is 1. The van der Waals surface area contributed by atoms with Crippen LogP contribution >= 0.6 is 0 Å². The standard InChI is InChI=1S/C31H36O2/c1-3-5-7-8-10-26-17-21-29(22-18-26)31(32)33-30-23-19-28(20-24-30)16-15-27-13-11-25(12-14-27)9-6-4-2/h11-14,19-20,23-24,26,29H,3-5,7-8,10,17-18,21-22H2,1-2H3. The number of benzene rings is 2. The summed E-state index contributed by atoms with van der Waals surface area (Å²) < 4.78 is 5.67.